The average molecular weight is 873 g/mol. The molecule has 1 saturated heterocycles. The molecule has 4 aromatic carbocycles. The van der Waals surface area contributed by atoms with Crippen LogP contribution in [0.4, 0.5) is 0 Å². The molecule has 7 nitrogen and oxygen atoms in total. The Labute approximate surface area is 361 Å². The summed E-state index contributed by atoms with van der Waals surface area (Å²) in [4.78, 5) is 2.81. The number of hydrogen-bond acceptors (Lipinski definition) is 8. The van der Waals surface area contributed by atoms with Gasteiger partial charge >= 0.3 is 0 Å². The number of rotatable bonds is 8. The van der Waals surface area contributed by atoms with E-state index in [9.17, 15) is 8.42 Å². The second kappa shape index (κ2) is 15.8. The van der Waals surface area contributed by atoms with Crippen molar-refractivity contribution >= 4 is 45.8 Å². The fraction of sp³-hybridized carbons (Fsp3) is 0.458. The molecule has 59 heavy (non-hydrogen) atoms. The van der Waals surface area contributed by atoms with Crippen LogP contribution in [0.25, 0.3) is 6.08 Å². The van der Waals surface area contributed by atoms with Gasteiger partial charge in [-0.25, -0.2) is 8.42 Å². The topological polar surface area (TPSA) is 83.6 Å². The van der Waals surface area contributed by atoms with Gasteiger partial charge < -0.3 is 23.1 Å². The van der Waals surface area contributed by atoms with Crippen molar-refractivity contribution < 1.29 is 31.5 Å². The lowest BCUT2D eigenvalue weighted by atomic mass is 9.84. The van der Waals surface area contributed by atoms with Gasteiger partial charge in [0.2, 0.25) is 27.9 Å². The van der Waals surface area contributed by atoms with E-state index < -0.39 is 39.1 Å². The molecule has 0 saturated carbocycles. The van der Waals surface area contributed by atoms with Crippen molar-refractivity contribution in [1.29, 1.82) is 0 Å². The maximum Gasteiger partial charge on any atom is 0.229 e. The van der Waals surface area contributed by atoms with E-state index in [1.807, 2.05) is 46.0 Å². The monoisotopic (exact) mass is 872 g/mol. The molecule has 0 aliphatic carbocycles. The highest BCUT2D eigenvalue weighted by Gasteiger charge is 2.67. The SMILES string of the molecule is CC1=Cc2cc(Sc3ccc(C(C)(C)C)cc3O[SiH](C)C)ccc2OC1(C)C.C[SiH](C)Oc1cc(C(C)(C)C)ccc1S(=O)(=O)c1ccc2c(c1)[C@@H]1O[C@]1(C)C(C)(C)O2. The van der Waals surface area contributed by atoms with E-state index in [-0.39, 0.29) is 32.3 Å². The summed E-state index contributed by atoms with van der Waals surface area (Å²) in [6.45, 7) is 33.9. The first-order valence-electron chi connectivity index (χ1n) is 20.7. The van der Waals surface area contributed by atoms with Crippen LogP contribution in [-0.4, -0.2) is 43.3 Å². The van der Waals surface area contributed by atoms with Gasteiger partial charge in [0.05, 0.1) is 9.79 Å². The molecular weight excluding hydrogens is 809 g/mol. The molecule has 0 radical (unpaired) electrons. The Balaban J connectivity index is 0.000000199. The molecule has 0 spiro atoms. The second-order valence-electron chi connectivity index (χ2n) is 19.8. The van der Waals surface area contributed by atoms with Crippen molar-refractivity contribution in [3.8, 4) is 23.0 Å². The first kappa shape index (κ1) is 45.1. The Kier molecular flexibility index (Phi) is 12.0. The fourth-order valence-corrected chi connectivity index (χ4v) is 11.1. The zero-order chi connectivity index (χ0) is 43.7. The molecule has 0 unspecified atom stereocenters. The van der Waals surface area contributed by atoms with Gasteiger partial charge in [-0.1, -0.05) is 65.4 Å². The van der Waals surface area contributed by atoms with E-state index in [0.29, 0.717) is 11.5 Å². The molecular formula is C48H64O7S2Si2. The standard InChI is InChI=1S/C24H32O5SSi.C24H32O2SSi/c1-22(2,3)15-9-12-20(19(13-15)29-31(7)8)30(25,26)16-10-11-18-17(14-16)21-24(6,28-21)23(4,5)27-18;1-16-13-17-14-19(10-11-20(17)25-24(16,5)6)27-22-12-9-18(23(2,3)4)15-21(22)26-28(7)8/h9-14,21,31H,1-8H3;9-15,28H,1-8H3/t21-,24-;/m0./s1. The van der Waals surface area contributed by atoms with Gasteiger partial charge in [0.15, 0.2) is 0 Å². The van der Waals surface area contributed by atoms with Gasteiger partial charge in [-0.05, 0) is 162 Å². The lowest BCUT2D eigenvalue weighted by Crippen LogP contribution is -2.45. The van der Waals surface area contributed by atoms with Crippen LogP contribution in [0, 0.1) is 0 Å². The summed E-state index contributed by atoms with van der Waals surface area (Å²) >= 11 is 1.76. The Bertz CT molecular complexity index is 2390. The lowest BCUT2D eigenvalue weighted by Gasteiger charge is -2.35. The third-order valence-electron chi connectivity index (χ3n) is 11.5. The summed E-state index contributed by atoms with van der Waals surface area (Å²) in [5.41, 5.74) is 4.36. The van der Waals surface area contributed by atoms with Crippen LogP contribution in [0.5, 0.6) is 23.0 Å². The first-order chi connectivity index (χ1) is 27.1. The van der Waals surface area contributed by atoms with Gasteiger partial charge in [0, 0.05) is 16.0 Å². The molecule has 0 aromatic heterocycles. The van der Waals surface area contributed by atoms with Gasteiger partial charge in [-0.2, -0.15) is 0 Å². The van der Waals surface area contributed by atoms with Crippen molar-refractivity contribution in [1.82, 2.24) is 0 Å². The fourth-order valence-electron chi connectivity index (χ4n) is 7.16. The molecule has 318 valence electrons. The molecule has 3 aliphatic heterocycles. The van der Waals surface area contributed by atoms with E-state index in [0.717, 1.165) is 28.2 Å². The zero-order valence-electron chi connectivity index (χ0n) is 37.9. The molecule has 2 atom stereocenters. The quantitative estimate of drug-likeness (QED) is 0.128. The normalized spacial score (nSPS) is 20.2. The van der Waals surface area contributed by atoms with Crippen LogP contribution < -0.4 is 18.3 Å². The van der Waals surface area contributed by atoms with Crippen LogP contribution in [0.15, 0.2) is 98.0 Å². The van der Waals surface area contributed by atoms with Crippen molar-refractivity contribution in [2.45, 2.75) is 163 Å². The molecule has 4 aromatic rings. The van der Waals surface area contributed by atoms with Crippen molar-refractivity contribution in [2.24, 2.45) is 0 Å². The molecule has 11 heteroatoms. The highest BCUT2D eigenvalue weighted by Crippen LogP contribution is 2.62. The third kappa shape index (κ3) is 9.39. The minimum absolute atomic E-state index is 0.108. The van der Waals surface area contributed by atoms with Crippen molar-refractivity contribution in [2.75, 3.05) is 0 Å². The highest BCUT2D eigenvalue weighted by atomic mass is 32.2. The lowest BCUT2D eigenvalue weighted by molar-refractivity contribution is 0.0241. The van der Waals surface area contributed by atoms with Crippen molar-refractivity contribution in [3.05, 3.63) is 101 Å². The van der Waals surface area contributed by atoms with Crippen LogP contribution in [0.3, 0.4) is 0 Å². The zero-order valence-corrected chi connectivity index (χ0v) is 41.9. The Morgan fingerprint density at radius 3 is 1.88 bits per heavy atom. The molecule has 3 heterocycles. The minimum Gasteiger partial charge on any atom is -0.546 e. The minimum atomic E-state index is -3.78. The molecule has 1 fully saturated rings. The number of fused-ring (bicyclic) bond motifs is 4. The van der Waals surface area contributed by atoms with E-state index in [1.54, 1.807) is 36.0 Å². The Morgan fingerprint density at radius 1 is 0.695 bits per heavy atom. The number of ether oxygens (including phenoxy) is 3. The number of sulfone groups is 1. The molecule has 3 aliphatic rings. The predicted octanol–water partition coefficient (Wildman–Crippen LogP) is 12.3. The maximum absolute atomic E-state index is 13.7. The number of hydrogen-bond donors (Lipinski definition) is 0. The molecule has 0 bridgehead atoms. The summed E-state index contributed by atoms with van der Waals surface area (Å²) < 4.78 is 58.0. The smallest absolute Gasteiger partial charge is 0.229 e. The largest absolute Gasteiger partial charge is 0.546 e. The van der Waals surface area contributed by atoms with Crippen LogP contribution >= 0.6 is 11.8 Å². The third-order valence-corrected chi connectivity index (χ3v) is 15.8. The van der Waals surface area contributed by atoms with Crippen molar-refractivity contribution in [3.63, 3.8) is 0 Å². The summed E-state index contributed by atoms with van der Waals surface area (Å²) in [6.07, 6.45) is 2.08. The van der Waals surface area contributed by atoms with E-state index in [2.05, 4.69) is 118 Å². The van der Waals surface area contributed by atoms with E-state index >= 15 is 0 Å². The summed E-state index contributed by atoms with van der Waals surface area (Å²) in [6, 6.07) is 23.6. The van der Waals surface area contributed by atoms with Crippen LogP contribution in [-0.2, 0) is 25.4 Å². The predicted molar refractivity (Wildman–Crippen MR) is 247 cm³/mol. The number of epoxide rings is 1. The Morgan fingerprint density at radius 2 is 1.27 bits per heavy atom. The van der Waals surface area contributed by atoms with Crippen LogP contribution in [0.1, 0.15) is 111 Å². The molecule has 0 amide bonds. The average Bonchev–Trinajstić information content (AvgIpc) is 3.82. The van der Waals surface area contributed by atoms with Gasteiger partial charge in [0.1, 0.15) is 50.8 Å². The summed E-state index contributed by atoms with van der Waals surface area (Å²) in [7, 11) is -6.49. The second-order valence-corrected chi connectivity index (χ2v) is 27.5. The van der Waals surface area contributed by atoms with E-state index in [1.165, 1.54) is 20.9 Å². The van der Waals surface area contributed by atoms with Crippen LogP contribution in [0.2, 0.25) is 26.2 Å². The molecule has 7 rings (SSSR count). The maximum atomic E-state index is 13.7. The number of benzene rings is 4. The van der Waals surface area contributed by atoms with Gasteiger partial charge in [-0.15, -0.1) is 0 Å². The molecule has 0 N–H and O–H groups in total. The van der Waals surface area contributed by atoms with Gasteiger partial charge in [-0.3, -0.25) is 0 Å². The summed E-state index contributed by atoms with van der Waals surface area (Å²) in [5, 5.41) is 0. The first-order valence-corrected chi connectivity index (χ1v) is 28.6. The Hall–Kier alpha value is -3.49. The van der Waals surface area contributed by atoms with Gasteiger partial charge in [0.25, 0.3) is 0 Å². The highest BCUT2D eigenvalue weighted by molar-refractivity contribution is 7.99. The van der Waals surface area contributed by atoms with E-state index in [4.69, 9.17) is 23.1 Å². The summed E-state index contributed by atoms with van der Waals surface area (Å²) in [5.74, 6) is 3.09.